The maximum Gasteiger partial charge on any atom is 0.407 e. The van der Waals surface area contributed by atoms with Gasteiger partial charge in [0.2, 0.25) is 0 Å². The van der Waals surface area contributed by atoms with Gasteiger partial charge in [-0.15, -0.1) is 0 Å². The Morgan fingerprint density at radius 2 is 1.69 bits per heavy atom. The maximum atomic E-state index is 12.5. The van der Waals surface area contributed by atoms with Crippen LogP contribution in [0.5, 0.6) is 0 Å². The average molecular weight is 479 g/mol. The smallest absolute Gasteiger partial charge is 0.407 e. The molecule has 2 amide bonds. The number of aromatic carboxylic acids is 1. The van der Waals surface area contributed by atoms with E-state index in [4.69, 9.17) is 9.47 Å². The lowest BCUT2D eigenvalue weighted by molar-refractivity contribution is -0.130. The molecule has 0 fully saturated rings. The summed E-state index contributed by atoms with van der Waals surface area (Å²) in [4.78, 5) is 36.2. The Morgan fingerprint density at radius 1 is 1.06 bits per heavy atom. The molecule has 182 valence electrons. The molecule has 1 aliphatic carbocycles. The molecule has 1 heterocycles. The molecule has 1 aromatic heterocycles. The van der Waals surface area contributed by atoms with Crippen LogP contribution < -0.4 is 10.6 Å². The van der Waals surface area contributed by atoms with E-state index >= 15 is 0 Å². The van der Waals surface area contributed by atoms with Crippen LogP contribution in [0.25, 0.3) is 11.1 Å². The van der Waals surface area contributed by atoms with Crippen molar-refractivity contribution >= 4 is 18.0 Å². The van der Waals surface area contributed by atoms with Gasteiger partial charge in [0.1, 0.15) is 12.2 Å². The number of carbonyl (C=O) groups is 3. The van der Waals surface area contributed by atoms with Crippen LogP contribution in [0.15, 0.2) is 54.7 Å². The molecule has 0 bridgehead atoms. The van der Waals surface area contributed by atoms with Crippen LogP contribution in [0.2, 0.25) is 0 Å². The number of nitrogens with one attached hydrogen (secondary N) is 2. The largest absolute Gasteiger partial charge is 0.478 e. The summed E-state index contributed by atoms with van der Waals surface area (Å²) >= 11 is 0. The van der Waals surface area contributed by atoms with Gasteiger partial charge in [0, 0.05) is 20.1 Å². The highest BCUT2D eigenvalue weighted by Crippen LogP contribution is 2.44. The van der Waals surface area contributed by atoms with Crippen molar-refractivity contribution in [3.63, 3.8) is 0 Å². The minimum Gasteiger partial charge on any atom is -0.478 e. The number of nitrogens with zero attached hydrogens (tertiary/aromatic N) is 2. The Labute approximate surface area is 201 Å². The van der Waals surface area contributed by atoms with Crippen LogP contribution in [0.1, 0.15) is 33.1 Å². The molecule has 0 aliphatic heterocycles. The third kappa shape index (κ3) is 5.02. The monoisotopic (exact) mass is 478 g/mol. The molecule has 10 heteroatoms. The maximum absolute atomic E-state index is 12.5. The van der Waals surface area contributed by atoms with Gasteiger partial charge in [-0.2, -0.15) is 5.10 Å². The highest BCUT2D eigenvalue weighted by atomic mass is 16.5. The van der Waals surface area contributed by atoms with E-state index in [-0.39, 0.29) is 31.2 Å². The molecule has 3 N–H and O–H groups in total. The van der Waals surface area contributed by atoms with E-state index < -0.39 is 24.1 Å². The highest BCUT2D eigenvalue weighted by Gasteiger charge is 2.29. The van der Waals surface area contributed by atoms with E-state index in [1.54, 1.807) is 7.05 Å². The number of ether oxygens (including phenoxy) is 2. The van der Waals surface area contributed by atoms with Crippen LogP contribution in [0.3, 0.4) is 0 Å². The number of alkyl carbamates (subject to hydrolysis) is 1. The zero-order chi connectivity index (χ0) is 24.9. The van der Waals surface area contributed by atoms with Crippen LogP contribution >= 0.6 is 0 Å². The topological polar surface area (TPSA) is 132 Å². The SMILES string of the molecule is COC(CNC(=O)OCC1c2ccccc2-c2ccccc21)C(=O)NCc1c(C(=O)O)cnn1C. The summed E-state index contributed by atoms with van der Waals surface area (Å²) in [6.45, 7) is -0.0138. The number of aromatic nitrogens is 2. The highest BCUT2D eigenvalue weighted by molar-refractivity contribution is 5.89. The number of fused-ring (bicyclic) bond motifs is 3. The summed E-state index contributed by atoms with van der Waals surface area (Å²) in [6.07, 6.45) is -0.436. The molecule has 0 spiro atoms. The van der Waals surface area contributed by atoms with Crippen molar-refractivity contribution in [1.82, 2.24) is 20.4 Å². The zero-order valence-corrected chi connectivity index (χ0v) is 19.4. The first-order chi connectivity index (χ1) is 16.9. The van der Waals surface area contributed by atoms with Gasteiger partial charge in [-0.25, -0.2) is 9.59 Å². The molecule has 2 aromatic carbocycles. The average Bonchev–Trinajstić information content (AvgIpc) is 3.39. The predicted molar refractivity (Wildman–Crippen MR) is 126 cm³/mol. The number of amides is 2. The zero-order valence-electron chi connectivity index (χ0n) is 19.4. The lowest BCUT2D eigenvalue weighted by Gasteiger charge is -2.18. The van der Waals surface area contributed by atoms with E-state index in [0.29, 0.717) is 5.69 Å². The Kier molecular flexibility index (Phi) is 7.11. The van der Waals surface area contributed by atoms with E-state index in [1.807, 2.05) is 36.4 Å². The molecule has 0 saturated carbocycles. The minimum absolute atomic E-state index is 0.00136. The van der Waals surface area contributed by atoms with Gasteiger partial charge in [0.15, 0.2) is 6.10 Å². The molecule has 3 aromatic rings. The Bertz CT molecular complexity index is 1210. The number of aryl methyl sites for hydroxylation is 1. The molecule has 0 radical (unpaired) electrons. The standard InChI is InChI=1S/C25H26N4O6/c1-29-21(19(11-28-29)24(31)32)12-26-23(30)22(34-2)13-27-25(33)35-14-20-17-9-5-3-7-15(17)16-8-4-6-10-18(16)20/h3-11,20,22H,12-14H2,1-2H3,(H,26,30)(H,27,33)(H,31,32). The van der Waals surface area contributed by atoms with E-state index in [9.17, 15) is 19.5 Å². The van der Waals surface area contributed by atoms with Crippen molar-refractivity contribution in [3.8, 4) is 11.1 Å². The second kappa shape index (κ2) is 10.4. The Balaban J connectivity index is 1.30. The fourth-order valence-corrected chi connectivity index (χ4v) is 4.24. The fourth-order valence-electron chi connectivity index (χ4n) is 4.24. The van der Waals surface area contributed by atoms with Crippen molar-refractivity contribution in [3.05, 3.63) is 77.1 Å². The molecule has 0 saturated heterocycles. The van der Waals surface area contributed by atoms with Gasteiger partial charge in [0.05, 0.1) is 25.0 Å². The first-order valence-electron chi connectivity index (χ1n) is 11.0. The normalized spacial score (nSPS) is 13.0. The van der Waals surface area contributed by atoms with Crippen LogP contribution in [0, 0.1) is 0 Å². The van der Waals surface area contributed by atoms with E-state index in [2.05, 4.69) is 27.9 Å². The van der Waals surface area contributed by atoms with Crippen molar-refractivity contribution < 1.29 is 29.0 Å². The first kappa shape index (κ1) is 24.0. The molecular weight excluding hydrogens is 452 g/mol. The van der Waals surface area contributed by atoms with Gasteiger partial charge < -0.3 is 25.2 Å². The first-order valence-corrected chi connectivity index (χ1v) is 11.0. The third-order valence-electron chi connectivity index (χ3n) is 6.07. The number of rotatable bonds is 9. The summed E-state index contributed by atoms with van der Waals surface area (Å²) in [5, 5.41) is 18.3. The van der Waals surface area contributed by atoms with Gasteiger partial charge >= 0.3 is 12.1 Å². The number of carboxylic acids is 1. The third-order valence-corrected chi connectivity index (χ3v) is 6.07. The van der Waals surface area contributed by atoms with Crippen molar-refractivity contribution in [1.29, 1.82) is 0 Å². The number of hydrogen-bond acceptors (Lipinski definition) is 6. The number of carbonyl (C=O) groups excluding carboxylic acids is 2. The number of benzene rings is 2. The van der Waals surface area contributed by atoms with Crippen LogP contribution in [-0.4, -0.2) is 59.2 Å². The molecule has 1 atom stereocenters. The second-order valence-corrected chi connectivity index (χ2v) is 8.08. The van der Waals surface area contributed by atoms with Crippen LogP contribution in [0.4, 0.5) is 4.79 Å². The van der Waals surface area contributed by atoms with E-state index in [1.165, 1.54) is 18.0 Å². The molecule has 1 aliphatic rings. The van der Waals surface area contributed by atoms with E-state index in [0.717, 1.165) is 22.3 Å². The fraction of sp³-hybridized carbons (Fsp3) is 0.280. The Hall–Kier alpha value is -4.18. The summed E-state index contributed by atoms with van der Waals surface area (Å²) in [5.41, 5.74) is 4.81. The van der Waals surface area contributed by atoms with Crippen molar-refractivity contribution in [2.45, 2.75) is 18.6 Å². The van der Waals surface area contributed by atoms with Gasteiger partial charge in [-0.1, -0.05) is 48.5 Å². The summed E-state index contributed by atoms with van der Waals surface area (Å²) in [7, 11) is 2.93. The summed E-state index contributed by atoms with van der Waals surface area (Å²) < 4.78 is 12.0. The Morgan fingerprint density at radius 3 is 2.29 bits per heavy atom. The quantitative estimate of drug-likeness (QED) is 0.430. The number of hydrogen-bond donors (Lipinski definition) is 3. The summed E-state index contributed by atoms with van der Waals surface area (Å²) in [5.74, 6) is -1.72. The van der Waals surface area contributed by atoms with Gasteiger partial charge in [0.25, 0.3) is 5.91 Å². The molecule has 4 rings (SSSR count). The summed E-state index contributed by atoms with van der Waals surface area (Å²) in [6, 6.07) is 16.1. The van der Waals surface area contributed by atoms with Gasteiger partial charge in [-0.3, -0.25) is 9.48 Å². The lowest BCUT2D eigenvalue weighted by atomic mass is 9.98. The van der Waals surface area contributed by atoms with Crippen LogP contribution in [-0.2, 0) is 27.9 Å². The molecule has 35 heavy (non-hydrogen) atoms. The lowest BCUT2D eigenvalue weighted by Crippen LogP contribution is -2.44. The minimum atomic E-state index is -1.14. The van der Waals surface area contributed by atoms with Gasteiger partial charge in [-0.05, 0) is 22.3 Å². The van der Waals surface area contributed by atoms with Crippen molar-refractivity contribution in [2.75, 3.05) is 20.3 Å². The number of methoxy groups -OCH3 is 1. The molecule has 10 nitrogen and oxygen atoms in total. The molecular formula is C25H26N4O6. The predicted octanol–water partition coefficient (Wildman–Crippen LogP) is 2.29. The number of carboxylic acid groups (broad SMARTS) is 1. The molecule has 1 unspecified atom stereocenters. The second-order valence-electron chi connectivity index (χ2n) is 8.08. The van der Waals surface area contributed by atoms with Crippen molar-refractivity contribution in [2.24, 2.45) is 7.05 Å².